The molecule has 0 spiro atoms. The number of ether oxygens (including phenoxy) is 1. The van der Waals surface area contributed by atoms with Crippen LogP contribution in [0.1, 0.15) is 69.2 Å². The number of aromatic nitrogens is 2. The molecule has 1 saturated heterocycles. The minimum absolute atomic E-state index is 0.00979. The first-order chi connectivity index (χ1) is 17.9. The summed E-state index contributed by atoms with van der Waals surface area (Å²) in [6, 6.07) is 15.4. The van der Waals surface area contributed by atoms with Gasteiger partial charge in [-0.05, 0) is 101 Å². The predicted molar refractivity (Wildman–Crippen MR) is 143 cm³/mol. The fourth-order valence-electron chi connectivity index (χ4n) is 6.55. The van der Waals surface area contributed by atoms with Crippen LogP contribution in [0.25, 0.3) is 22.8 Å². The smallest absolute Gasteiger partial charge is 0.258 e. The molecule has 37 heavy (non-hydrogen) atoms. The van der Waals surface area contributed by atoms with Gasteiger partial charge in [0.2, 0.25) is 5.82 Å². The highest BCUT2D eigenvalue weighted by Gasteiger charge is 2.45. The van der Waals surface area contributed by atoms with Crippen LogP contribution in [0.2, 0.25) is 0 Å². The van der Waals surface area contributed by atoms with E-state index in [2.05, 4.69) is 47.8 Å². The molecule has 3 aliphatic rings. The molecule has 6 rings (SSSR count). The van der Waals surface area contributed by atoms with Crippen LogP contribution in [-0.4, -0.2) is 33.7 Å². The van der Waals surface area contributed by atoms with E-state index in [4.69, 9.17) is 14.2 Å². The highest BCUT2D eigenvalue weighted by Crippen LogP contribution is 2.51. The molecule has 6 nitrogen and oxygen atoms in total. The van der Waals surface area contributed by atoms with Crippen molar-refractivity contribution < 1.29 is 9.26 Å². The maximum atomic E-state index is 9.61. The molecule has 2 heterocycles. The van der Waals surface area contributed by atoms with Crippen LogP contribution in [0.4, 0.5) is 0 Å². The van der Waals surface area contributed by atoms with E-state index in [1.165, 1.54) is 48.9 Å². The molecule has 2 fully saturated rings. The average molecular weight is 495 g/mol. The van der Waals surface area contributed by atoms with E-state index in [-0.39, 0.29) is 6.10 Å². The molecule has 6 heteroatoms. The van der Waals surface area contributed by atoms with Gasteiger partial charge in [-0.2, -0.15) is 10.2 Å². The standard InChI is InChI=1S/C31H34N4O2/c1-18(2)22-15-24(16-22)35-13-12-20-8-10-25-26(29(20)35)6-5-7-27(25)30-33-31(37-34-30)21-9-11-28(36-19(3)4)23(14-21)17-32/h5-7,9,11,14,19-20,22,24,29H,1,8,10,12-13,15-16H2,2-4H3/t20-,22?,24?,29+/m0/s1. The van der Waals surface area contributed by atoms with Crippen molar-refractivity contribution in [3.8, 4) is 34.7 Å². The topological polar surface area (TPSA) is 75.2 Å². The first-order valence-electron chi connectivity index (χ1n) is 13.5. The Balaban J connectivity index is 1.29. The quantitative estimate of drug-likeness (QED) is 0.354. The van der Waals surface area contributed by atoms with Crippen molar-refractivity contribution >= 4 is 0 Å². The number of allylic oxidation sites excluding steroid dienone is 1. The summed E-state index contributed by atoms with van der Waals surface area (Å²) >= 11 is 0. The van der Waals surface area contributed by atoms with Crippen molar-refractivity contribution in [3.05, 3.63) is 65.2 Å². The van der Waals surface area contributed by atoms with Crippen molar-refractivity contribution in [2.75, 3.05) is 6.54 Å². The number of nitriles is 1. The summed E-state index contributed by atoms with van der Waals surface area (Å²) in [5.41, 5.74) is 6.37. The minimum Gasteiger partial charge on any atom is -0.490 e. The van der Waals surface area contributed by atoms with Crippen molar-refractivity contribution in [1.82, 2.24) is 15.0 Å². The molecule has 2 atom stereocenters. The minimum atomic E-state index is -0.00979. The summed E-state index contributed by atoms with van der Waals surface area (Å²) < 4.78 is 11.4. The Morgan fingerprint density at radius 2 is 2.05 bits per heavy atom. The molecule has 1 aromatic heterocycles. The van der Waals surface area contributed by atoms with E-state index in [1.54, 1.807) is 12.1 Å². The van der Waals surface area contributed by atoms with Gasteiger partial charge in [0, 0.05) is 23.2 Å². The summed E-state index contributed by atoms with van der Waals surface area (Å²) in [5.74, 6) is 3.00. The third kappa shape index (κ3) is 4.26. The molecule has 0 radical (unpaired) electrons. The average Bonchev–Trinajstić information content (AvgIpc) is 3.50. The lowest BCUT2D eigenvalue weighted by Crippen LogP contribution is -2.45. The van der Waals surface area contributed by atoms with Crippen LogP contribution in [-0.2, 0) is 6.42 Å². The molecule has 1 saturated carbocycles. The van der Waals surface area contributed by atoms with Gasteiger partial charge in [0.15, 0.2) is 0 Å². The van der Waals surface area contributed by atoms with Gasteiger partial charge in [-0.25, -0.2) is 0 Å². The third-order valence-corrected chi connectivity index (χ3v) is 8.51. The molecule has 0 amide bonds. The third-order valence-electron chi connectivity index (χ3n) is 8.51. The van der Waals surface area contributed by atoms with Crippen LogP contribution < -0.4 is 4.74 Å². The van der Waals surface area contributed by atoms with E-state index >= 15 is 0 Å². The van der Waals surface area contributed by atoms with Crippen LogP contribution in [0.15, 0.2) is 53.1 Å². The Morgan fingerprint density at radius 3 is 2.81 bits per heavy atom. The summed E-state index contributed by atoms with van der Waals surface area (Å²) in [4.78, 5) is 7.55. The highest BCUT2D eigenvalue weighted by molar-refractivity contribution is 5.67. The molecule has 1 aliphatic heterocycles. The molecule has 2 aromatic carbocycles. The number of likely N-dealkylation sites (tertiary alicyclic amines) is 1. The number of fused-ring (bicyclic) bond motifs is 3. The lowest BCUT2D eigenvalue weighted by molar-refractivity contribution is 0.0684. The molecule has 0 unspecified atom stereocenters. The van der Waals surface area contributed by atoms with Crippen molar-refractivity contribution in [3.63, 3.8) is 0 Å². The van der Waals surface area contributed by atoms with Gasteiger partial charge in [0.1, 0.15) is 11.8 Å². The summed E-state index contributed by atoms with van der Waals surface area (Å²) in [6.07, 6.45) is 6.01. The Bertz CT molecular complexity index is 1380. The van der Waals surface area contributed by atoms with E-state index in [9.17, 15) is 5.26 Å². The lowest BCUT2D eigenvalue weighted by atomic mass is 9.73. The fourth-order valence-corrected chi connectivity index (χ4v) is 6.55. The summed E-state index contributed by atoms with van der Waals surface area (Å²) in [6.45, 7) is 11.4. The second-order valence-electron chi connectivity index (χ2n) is 11.2. The Hall–Kier alpha value is -3.43. The van der Waals surface area contributed by atoms with Gasteiger partial charge in [0.25, 0.3) is 5.89 Å². The van der Waals surface area contributed by atoms with Gasteiger partial charge < -0.3 is 9.26 Å². The van der Waals surface area contributed by atoms with Gasteiger partial charge in [-0.3, -0.25) is 4.90 Å². The van der Waals surface area contributed by atoms with E-state index < -0.39 is 0 Å². The normalized spacial score (nSPS) is 24.7. The maximum Gasteiger partial charge on any atom is 0.258 e. The number of rotatable bonds is 6. The largest absolute Gasteiger partial charge is 0.490 e. The van der Waals surface area contributed by atoms with Gasteiger partial charge in [-0.1, -0.05) is 35.5 Å². The Kier molecular flexibility index (Phi) is 6.12. The van der Waals surface area contributed by atoms with Crippen LogP contribution in [0.3, 0.4) is 0 Å². The Labute approximate surface area is 218 Å². The SMILES string of the molecule is C=C(C)C1CC(N2CC[C@@H]3CCc4c(-c5noc(-c6ccc(OC(C)C)c(C#N)c6)n5)cccc4[C@@H]32)C1. The zero-order chi connectivity index (χ0) is 25.7. The molecule has 190 valence electrons. The molecule has 3 aromatic rings. The monoisotopic (exact) mass is 494 g/mol. The van der Waals surface area contributed by atoms with Crippen LogP contribution >= 0.6 is 0 Å². The lowest BCUT2D eigenvalue weighted by Gasteiger charge is -2.46. The van der Waals surface area contributed by atoms with Gasteiger partial charge in [-0.15, -0.1) is 0 Å². The molecular formula is C31H34N4O2. The number of hydrogen-bond donors (Lipinski definition) is 0. The van der Waals surface area contributed by atoms with Crippen LogP contribution in [0.5, 0.6) is 5.75 Å². The zero-order valence-corrected chi connectivity index (χ0v) is 21.9. The molecule has 2 aliphatic carbocycles. The number of benzene rings is 2. The van der Waals surface area contributed by atoms with E-state index in [1.807, 2.05) is 19.9 Å². The van der Waals surface area contributed by atoms with Crippen molar-refractivity contribution in [1.29, 1.82) is 5.26 Å². The van der Waals surface area contributed by atoms with Gasteiger partial charge >= 0.3 is 0 Å². The maximum absolute atomic E-state index is 9.61. The summed E-state index contributed by atoms with van der Waals surface area (Å²) in [7, 11) is 0. The second-order valence-corrected chi connectivity index (χ2v) is 11.2. The Morgan fingerprint density at radius 1 is 1.22 bits per heavy atom. The number of hydrogen-bond acceptors (Lipinski definition) is 6. The van der Waals surface area contributed by atoms with Crippen molar-refractivity contribution in [2.24, 2.45) is 11.8 Å². The summed E-state index contributed by atoms with van der Waals surface area (Å²) in [5, 5.41) is 14.0. The zero-order valence-electron chi connectivity index (χ0n) is 21.9. The van der Waals surface area contributed by atoms with Gasteiger partial charge in [0.05, 0.1) is 11.7 Å². The fraction of sp³-hybridized carbons (Fsp3) is 0.452. The molecule has 0 bridgehead atoms. The van der Waals surface area contributed by atoms with E-state index in [0.717, 1.165) is 23.5 Å². The van der Waals surface area contributed by atoms with Crippen LogP contribution in [0, 0.1) is 23.2 Å². The predicted octanol–water partition coefficient (Wildman–Crippen LogP) is 6.73. The highest BCUT2D eigenvalue weighted by atomic mass is 16.5. The molecular weight excluding hydrogens is 460 g/mol. The first kappa shape index (κ1) is 23.9. The molecule has 0 N–H and O–H groups in total. The second kappa shape index (κ2) is 9.46. The van der Waals surface area contributed by atoms with Crippen molar-refractivity contribution in [2.45, 2.75) is 71.1 Å². The number of nitrogens with zero attached hydrogens (tertiary/aromatic N) is 4. The van der Waals surface area contributed by atoms with E-state index in [0.29, 0.717) is 41.0 Å². The first-order valence-corrected chi connectivity index (χ1v) is 13.5.